The van der Waals surface area contributed by atoms with Crippen LogP contribution in [0.25, 0.3) is 0 Å². The highest BCUT2D eigenvalue weighted by Crippen LogP contribution is 2.10. The first-order chi connectivity index (χ1) is 15.6. The fourth-order valence-electron chi connectivity index (χ4n) is 2.42. The van der Waals surface area contributed by atoms with E-state index in [0.29, 0.717) is 22.3 Å². The van der Waals surface area contributed by atoms with Crippen molar-refractivity contribution in [3.8, 4) is 11.8 Å². The van der Waals surface area contributed by atoms with E-state index in [9.17, 15) is 18.0 Å². The highest BCUT2D eigenvalue weighted by atomic mass is 32.2. The van der Waals surface area contributed by atoms with Crippen LogP contribution in [0, 0.1) is 11.8 Å². The molecule has 174 valence electrons. The van der Waals surface area contributed by atoms with Crippen molar-refractivity contribution in [3.63, 3.8) is 0 Å². The summed E-state index contributed by atoms with van der Waals surface area (Å²) in [7, 11) is -3.03. The smallest absolute Gasteiger partial charge is 0.298 e. The third-order valence-electron chi connectivity index (χ3n) is 3.89. The lowest BCUT2D eigenvalue weighted by Gasteiger charge is -2.15. The van der Waals surface area contributed by atoms with E-state index in [1.165, 1.54) is 38.1 Å². The van der Waals surface area contributed by atoms with Gasteiger partial charge in [0.25, 0.3) is 5.91 Å². The molecule has 0 aliphatic heterocycles. The molecule has 0 atom stereocenters. The normalized spacial score (nSPS) is 10.6. The van der Waals surface area contributed by atoms with E-state index < -0.39 is 16.0 Å². The van der Waals surface area contributed by atoms with Gasteiger partial charge in [-0.05, 0) is 63.6 Å². The Morgan fingerprint density at radius 3 is 1.97 bits per heavy atom. The summed E-state index contributed by atoms with van der Waals surface area (Å²) in [6, 6.07) is 15.8. The van der Waals surface area contributed by atoms with Crippen LogP contribution in [0.1, 0.15) is 55.6 Å². The molecule has 0 aliphatic rings. The molecule has 0 unspecified atom stereocenters. The lowest BCUT2D eigenvalue weighted by Crippen LogP contribution is -2.29. The Hall–Kier alpha value is -3.47. The van der Waals surface area contributed by atoms with Crippen LogP contribution >= 0.6 is 0 Å². The molecule has 0 spiro atoms. The number of hydroxylamine groups is 2. The van der Waals surface area contributed by atoms with E-state index in [-0.39, 0.29) is 11.1 Å². The number of hydrogen-bond acceptors (Lipinski definition) is 5. The van der Waals surface area contributed by atoms with Crippen molar-refractivity contribution in [3.05, 3.63) is 93.9 Å². The van der Waals surface area contributed by atoms with Crippen molar-refractivity contribution < 1.29 is 22.3 Å². The van der Waals surface area contributed by atoms with Crippen LogP contribution in [0.5, 0.6) is 0 Å². The van der Waals surface area contributed by atoms with Crippen molar-refractivity contribution in [2.75, 3.05) is 7.05 Å². The quantitative estimate of drug-likeness (QED) is 0.199. The summed E-state index contributed by atoms with van der Waals surface area (Å²) in [6.07, 6.45) is 3.75. The molecule has 0 aliphatic carbocycles. The standard InChI is InChI=1S/C20H17NO5S.C6H12/c1-16(14-22)15-27(24,25)26-21(2)20(23)19-12-10-18(11-13-19)9-8-17-6-4-3-5-7-17;1-4-5-6(2)3/h3-7,10-15H,1-2H3;5H,4H2,1-3H3/b16-15+;. The summed E-state index contributed by atoms with van der Waals surface area (Å²) in [6.45, 7) is 7.69. The molecule has 0 fully saturated rings. The van der Waals surface area contributed by atoms with Crippen molar-refractivity contribution >= 4 is 22.3 Å². The molecule has 1 amide bonds. The van der Waals surface area contributed by atoms with Crippen molar-refractivity contribution in [2.45, 2.75) is 34.1 Å². The minimum absolute atomic E-state index is 0.0443. The topological polar surface area (TPSA) is 80.8 Å². The first kappa shape index (κ1) is 27.6. The lowest BCUT2D eigenvalue weighted by atomic mass is 10.1. The largest absolute Gasteiger partial charge is 0.311 e. The van der Waals surface area contributed by atoms with Crippen molar-refractivity contribution in [1.82, 2.24) is 5.06 Å². The number of rotatable bonds is 6. The van der Waals surface area contributed by atoms with E-state index in [0.717, 1.165) is 5.56 Å². The number of benzene rings is 2. The van der Waals surface area contributed by atoms with Crippen LogP contribution in [-0.2, 0) is 19.2 Å². The summed E-state index contributed by atoms with van der Waals surface area (Å²) in [5.74, 6) is 5.33. The first-order valence-corrected chi connectivity index (χ1v) is 11.7. The molecule has 0 radical (unpaired) electrons. The maximum atomic E-state index is 12.3. The highest BCUT2D eigenvalue weighted by molar-refractivity contribution is 7.89. The van der Waals surface area contributed by atoms with Crippen LogP contribution in [-0.4, -0.2) is 32.7 Å². The molecule has 0 N–H and O–H groups in total. The van der Waals surface area contributed by atoms with E-state index in [4.69, 9.17) is 0 Å². The van der Waals surface area contributed by atoms with Crippen LogP contribution in [0.2, 0.25) is 0 Å². The van der Waals surface area contributed by atoms with E-state index in [1.54, 1.807) is 12.1 Å². The molecule has 6 nitrogen and oxygen atoms in total. The van der Waals surface area contributed by atoms with Crippen LogP contribution in [0.3, 0.4) is 0 Å². The predicted molar refractivity (Wildman–Crippen MR) is 131 cm³/mol. The van der Waals surface area contributed by atoms with E-state index in [2.05, 4.69) is 43.0 Å². The van der Waals surface area contributed by atoms with Gasteiger partial charge in [-0.15, -0.1) is 4.28 Å². The molecule has 7 heteroatoms. The minimum Gasteiger partial charge on any atom is -0.298 e. The number of nitrogens with zero attached hydrogens (tertiary/aromatic N) is 1. The molecule has 2 aromatic rings. The second kappa shape index (κ2) is 13.8. The molecule has 0 bridgehead atoms. The van der Waals surface area contributed by atoms with E-state index >= 15 is 0 Å². The summed E-state index contributed by atoms with van der Waals surface area (Å²) in [4.78, 5) is 22.8. The Bertz CT molecular complexity index is 1150. The first-order valence-electron chi connectivity index (χ1n) is 10.2. The highest BCUT2D eigenvalue weighted by Gasteiger charge is 2.19. The lowest BCUT2D eigenvalue weighted by molar-refractivity contribution is -0.104. The Kier molecular flexibility index (Phi) is 11.6. The molecular formula is C26H29NO5S. The van der Waals surface area contributed by atoms with E-state index in [1.807, 2.05) is 30.3 Å². The fourth-order valence-corrected chi connectivity index (χ4v) is 3.35. The molecule has 0 aromatic heterocycles. The third-order valence-corrected chi connectivity index (χ3v) is 4.98. The van der Waals surface area contributed by atoms with Crippen LogP contribution in [0.4, 0.5) is 0 Å². The van der Waals surface area contributed by atoms with Gasteiger partial charge in [0.15, 0.2) is 0 Å². The van der Waals surface area contributed by atoms with Gasteiger partial charge in [0.2, 0.25) is 0 Å². The second-order valence-electron chi connectivity index (χ2n) is 7.23. The molecule has 0 saturated heterocycles. The van der Waals surface area contributed by atoms with Gasteiger partial charge in [0, 0.05) is 29.3 Å². The molecule has 2 rings (SSSR count). The number of allylic oxidation sites excluding steroid dienone is 3. The average molecular weight is 468 g/mol. The fraction of sp³-hybridized carbons (Fsp3) is 0.231. The monoisotopic (exact) mass is 467 g/mol. The minimum atomic E-state index is -4.20. The maximum Gasteiger partial charge on any atom is 0.311 e. The third kappa shape index (κ3) is 11.1. The number of carbonyl (C=O) groups excluding carboxylic acids is 2. The summed E-state index contributed by atoms with van der Waals surface area (Å²) in [5.41, 5.74) is 3.18. The second-order valence-corrected chi connectivity index (χ2v) is 8.60. The zero-order valence-corrected chi connectivity index (χ0v) is 20.3. The molecule has 0 saturated carbocycles. The predicted octanol–water partition coefficient (Wildman–Crippen LogP) is 4.89. The number of carbonyl (C=O) groups is 2. The van der Waals surface area contributed by atoms with Gasteiger partial charge in [-0.1, -0.05) is 48.6 Å². The Morgan fingerprint density at radius 1 is 0.970 bits per heavy atom. The van der Waals surface area contributed by atoms with Gasteiger partial charge in [-0.2, -0.15) is 8.42 Å². The SMILES string of the molecule is C/C(C=O)=C\S(=O)(=O)ON(C)C(=O)c1ccc(C#Cc2ccccc2)cc1.CCC=C(C)C. The number of amides is 1. The zero-order valence-electron chi connectivity index (χ0n) is 19.5. The Labute approximate surface area is 196 Å². The van der Waals surface area contributed by atoms with Gasteiger partial charge in [0.1, 0.15) is 6.29 Å². The average Bonchev–Trinajstić information content (AvgIpc) is 2.77. The van der Waals surface area contributed by atoms with Crippen LogP contribution in [0.15, 0.2) is 77.2 Å². The number of hydrogen-bond donors (Lipinski definition) is 0. The van der Waals surface area contributed by atoms with Crippen molar-refractivity contribution in [1.29, 1.82) is 0 Å². The maximum absolute atomic E-state index is 12.3. The van der Waals surface area contributed by atoms with Crippen molar-refractivity contribution in [2.24, 2.45) is 0 Å². The van der Waals surface area contributed by atoms with Gasteiger partial charge >= 0.3 is 10.1 Å². The zero-order chi connectivity index (χ0) is 24.9. The van der Waals surface area contributed by atoms with Gasteiger partial charge in [-0.3, -0.25) is 9.59 Å². The van der Waals surface area contributed by atoms with Gasteiger partial charge in [-0.25, -0.2) is 5.06 Å². The number of aldehydes is 1. The van der Waals surface area contributed by atoms with Crippen LogP contribution < -0.4 is 0 Å². The molecular weight excluding hydrogens is 438 g/mol. The molecule has 0 heterocycles. The Morgan fingerprint density at radius 2 is 1.52 bits per heavy atom. The summed E-state index contributed by atoms with van der Waals surface area (Å²) < 4.78 is 28.2. The molecule has 33 heavy (non-hydrogen) atoms. The van der Waals surface area contributed by atoms with Gasteiger partial charge in [0.05, 0.1) is 5.41 Å². The summed E-state index contributed by atoms with van der Waals surface area (Å²) in [5, 5.41) is 1.24. The summed E-state index contributed by atoms with van der Waals surface area (Å²) >= 11 is 0. The Balaban J connectivity index is 0.000000801. The van der Waals surface area contributed by atoms with Gasteiger partial charge < -0.3 is 0 Å². The molecule has 2 aromatic carbocycles.